The summed E-state index contributed by atoms with van der Waals surface area (Å²) in [5.74, 6) is 0.125. The van der Waals surface area contributed by atoms with Crippen LogP contribution >= 0.6 is 0 Å². The second-order valence-corrected chi connectivity index (χ2v) is 8.73. The summed E-state index contributed by atoms with van der Waals surface area (Å²) in [5.41, 5.74) is 7.26. The van der Waals surface area contributed by atoms with Gasteiger partial charge in [0.05, 0.1) is 0 Å². The van der Waals surface area contributed by atoms with Gasteiger partial charge in [0.15, 0.2) is 11.5 Å². The van der Waals surface area contributed by atoms with Crippen LogP contribution in [-0.4, -0.2) is 39.4 Å². The van der Waals surface area contributed by atoms with Crippen LogP contribution in [0.4, 0.5) is 4.39 Å². The molecule has 2 aliphatic heterocycles. The zero-order chi connectivity index (χ0) is 22.7. The Morgan fingerprint density at radius 2 is 1.78 bits per heavy atom. The average molecular weight is 431 g/mol. The molecule has 0 saturated carbocycles. The summed E-state index contributed by atoms with van der Waals surface area (Å²) in [5, 5.41) is 0. The standard InChI is InChI=1S/C24H22FN5O2/c1-23(2)10-14-8-16(5-7-20(14)32-23)24(21(31)30(3)22(26)29-24)17-4-6-19(25)18(9-17)15-11-27-13-28-12-15/h4-9,11-13H,10H2,1-3H3,(H2,26,29). The van der Waals surface area contributed by atoms with Crippen molar-refractivity contribution in [3.05, 3.63) is 77.6 Å². The van der Waals surface area contributed by atoms with Gasteiger partial charge in [0.2, 0.25) is 0 Å². The van der Waals surface area contributed by atoms with Gasteiger partial charge in [0, 0.05) is 37.0 Å². The van der Waals surface area contributed by atoms with Gasteiger partial charge in [-0.1, -0.05) is 12.1 Å². The summed E-state index contributed by atoms with van der Waals surface area (Å²) in [4.78, 5) is 27.5. The molecule has 5 rings (SSSR count). The van der Waals surface area contributed by atoms with E-state index < -0.39 is 11.4 Å². The molecule has 3 aromatic rings. The van der Waals surface area contributed by atoms with E-state index in [1.807, 2.05) is 32.0 Å². The molecule has 0 saturated heterocycles. The van der Waals surface area contributed by atoms with E-state index in [4.69, 9.17) is 10.5 Å². The minimum absolute atomic E-state index is 0.0981. The first kappa shape index (κ1) is 20.1. The van der Waals surface area contributed by atoms with Gasteiger partial charge in [-0.3, -0.25) is 9.69 Å². The second-order valence-electron chi connectivity index (χ2n) is 8.73. The SMILES string of the molecule is CN1C(=O)C(c2ccc3c(c2)CC(C)(C)O3)(c2ccc(F)c(-c3cncnc3)c2)N=C1N. The van der Waals surface area contributed by atoms with Crippen LogP contribution in [-0.2, 0) is 16.8 Å². The van der Waals surface area contributed by atoms with Crippen LogP contribution in [0.1, 0.15) is 30.5 Å². The number of hydrogen-bond donors (Lipinski definition) is 1. The first-order chi connectivity index (χ1) is 15.2. The number of nitrogens with zero attached hydrogens (tertiary/aromatic N) is 4. The lowest BCUT2D eigenvalue weighted by atomic mass is 9.80. The lowest BCUT2D eigenvalue weighted by Crippen LogP contribution is -2.41. The van der Waals surface area contributed by atoms with Crippen molar-refractivity contribution in [2.24, 2.45) is 10.7 Å². The number of amides is 1. The number of halogens is 1. The Hall–Kier alpha value is -3.81. The highest BCUT2D eigenvalue weighted by atomic mass is 19.1. The Balaban J connectivity index is 1.72. The van der Waals surface area contributed by atoms with Crippen molar-refractivity contribution < 1.29 is 13.9 Å². The van der Waals surface area contributed by atoms with Crippen molar-refractivity contribution in [3.8, 4) is 16.9 Å². The van der Waals surface area contributed by atoms with E-state index in [0.29, 0.717) is 23.1 Å². The number of fused-ring (bicyclic) bond motifs is 1. The van der Waals surface area contributed by atoms with Gasteiger partial charge in [-0.15, -0.1) is 0 Å². The maximum atomic E-state index is 14.8. The Kier molecular flexibility index (Phi) is 4.30. The molecule has 1 unspecified atom stereocenters. The largest absolute Gasteiger partial charge is 0.487 e. The summed E-state index contributed by atoms with van der Waals surface area (Å²) in [6.45, 7) is 4.03. The normalized spacial score (nSPS) is 21.3. The summed E-state index contributed by atoms with van der Waals surface area (Å²) in [6, 6.07) is 10.1. The summed E-state index contributed by atoms with van der Waals surface area (Å²) in [6.07, 6.45) is 5.13. The first-order valence-electron chi connectivity index (χ1n) is 10.2. The quantitative estimate of drug-likeness (QED) is 0.688. The molecule has 0 bridgehead atoms. The number of ether oxygens (including phenoxy) is 1. The molecule has 8 heteroatoms. The van der Waals surface area contributed by atoms with Crippen LogP contribution in [0.3, 0.4) is 0 Å². The molecule has 1 atom stereocenters. The van der Waals surface area contributed by atoms with Gasteiger partial charge in [-0.05, 0) is 54.8 Å². The topological polar surface area (TPSA) is 93.7 Å². The molecule has 162 valence electrons. The minimum Gasteiger partial charge on any atom is -0.487 e. The summed E-state index contributed by atoms with van der Waals surface area (Å²) < 4.78 is 20.8. The fourth-order valence-electron chi connectivity index (χ4n) is 4.43. The van der Waals surface area contributed by atoms with Crippen molar-refractivity contribution in [2.45, 2.75) is 31.4 Å². The summed E-state index contributed by atoms with van der Waals surface area (Å²) in [7, 11) is 1.58. The lowest BCUT2D eigenvalue weighted by Gasteiger charge is -2.27. The van der Waals surface area contributed by atoms with Crippen molar-refractivity contribution in [2.75, 3.05) is 7.05 Å². The van der Waals surface area contributed by atoms with E-state index in [1.54, 1.807) is 19.2 Å². The molecule has 0 fully saturated rings. The van der Waals surface area contributed by atoms with Crippen LogP contribution in [0.25, 0.3) is 11.1 Å². The number of nitrogens with two attached hydrogens (primary N) is 1. The number of carbonyl (C=O) groups is 1. The number of rotatable bonds is 3. The third-order valence-electron chi connectivity index (χ3n) is 5.98. The maximum absolute atomic E-state index is 14.8. The number of guanidine groups is 1. The smallest absolute Gasteiger partial charge is 0.266 e. The van der Waals surface area contributed by atoms with Gasteiger partial charge < -0.3 is 10.5 Å². The van der Waals surface area contributed by atoms with Gasteiger partial charge >= 0.3 is 0 Å². The van der Waals surface area contributed by atoms with E-state index in [0.717, 1.165) is 11.3 Å². The Bertz CT molecular complexity index is 1270. The van der Waals surface area contributed by atoms with Crippen molar-refractivity contribution in [1.82, 2.24) is 14.9 Å². The lowest BCUT2D eigenvalue weighted by molar-refractivity contribution is -0.129. The zero-order valence-corrected chi connectivity index (χ0v) is 18.0. The fourth-order valence-corrected chi connectivity index (χ4v) is 4.43. The molecule has 0 spiro atoms. The zero-order valence-electron chi connectivity index (χ0n) is 18.0. The van der Waals surface area contributed by atoms with Crippen LogP contribution < -0.4 is 10.5 Å². The van der Waals surface area contributed by atoms with Crippen molar-refractivity contribution >= 4 is 11.9 Å². The predicted molar refractivity (Wildman–Crippen MR) is 117 cm³/mol. The average Bonchev–Trinajstić information content (AvgIpc) is 3.21. The molecule has 1 aromatic heterocycles. The van der Waals surface area contributed by atoms with E-state index in [9.17, 15) is 9.18 Å². The van der Waals surface area contributed by atoms with E-state index in [2.05, 4.69) is 15.0 Å². The van der Waals surface area contributed by atoms with E-state index in [1.165, 1.54) is 29.7 Å². The van der Waals surface area contributed by atoms with Crippen molar-refractivity contribution in [1.29, 1.82) is 0 Å². The van der Waals surface area contributed by atoms with Gasteiger partial charge in [-0.25, -0.2) is 19.4 Å². The molecule has 2 N–H and O–H groups in total. The number of likely N-dealkylation sites (N-methyl/N-ethyl adjacent to an activating group) is 1. The number of carbonyl (C=O) groups excluding carboxylic acids is 1. The highest BCUT2D eigenvalue weighted by molar-refractivity contribution is 6.09. The van der Waals surface area contributed by atoms with Crippen molar-refractivity contribution in [3.63, 3.8) is 0 Å². The van der Waals surface area contributed by atoms with Gasteiger partial charge in [0.25, 0.3) is 5.91 Å². The second kappa shape index (κ2) is 6.85. The molecule has 32 heavy (non-hydrogen) atoms. The molecular formula is C24H22FN5O2. The number of aromatic nitrogens is 2. The Morgan fingerprint density at radius 1 is 1.09 bits per heavy atom. The van der Waals surface area contributed by atoms with E-state index in [-0.39, 0.29) is 23.0 Å². The molecule has 7 nitrogen and oxygen atoms in total. The Labute approximate surface area is 184 Å². The first-order valence-corrected chi connectivity index (χ1v) is 10.2. The van der Waals surface area contributed by atoms with Gasteiger partial charge in [-0.2, -0.15) is 0 Å². The number of hydrogen-bond acceptors (Lipinski definition) is 6. The highest BCUT2D eigenvalue weighted by Gasteiger charge is 2.50. The monoisotopic (exact) mass is 431 g/mol. The predicted octanol–water partition coefficient (Wildman–Crippen LogP) is 3.03. The molecule has 2 aliphatic rings. The molecule has 0 aliphatic carbocycles. The molecule has 0 radical (unpaired) electrons. The van der Waals surface area contributed by atoms with Crippen LogP contribution in [0, 0.1) is 5.82 Å². The molecular weight excluding hydrogens is 409 g/mol. The third kappa shape index (κ3) is 2.94. The molecule has 2 aromatic carbocycles. The fraction of sp³-hybridized carbons (Fsp3) is 0.250. The van der Waals surface area contributed by atoms with Gasteiger partial charge in [0.1, 0.15) is 23.5 Å². The molecule has 1 amide bonds. The van der Waals surface area contributed by atoms with E-state index >= 15 is 0 Å². The highest BCUT2D eigenvalue weighted by Crippen LogP contribution is 2.44. The number of aliphatic imine (C=N–C) groups is 1. The maximum Gasteiger partial charge on any atom is 0.266 e. The third-order valence-corrected chi connectivity index (χ3v) is 5.98. The summed E-state index contributed by atoms with van der Waals surface area (Å²) >= 11 is 0. The Morgan fingerprint density at radius 3 is 2.47 bits per heavy atom. The minimum atomic E-state index is -1.43. The van der Waals surface area contributed by atoms with Crippen LogP contribution in [0.15, 0.2) is 60.1 Å². The molecule has 3 heterocycles. The number of benzene rings is 2. The van der Waals surface area contributed by atoms with Crippen LogP contribution in [0.5, 0.6) is 5.75 Å². The van der Waals surface area contributed by atoms with Crippen LogP contribution in [0.2, 0.25) is 0 Å².